The quantitative estimate of drug-likeness (QED) is 0.787. The highest BCUT2D eigenvalue weighted by molar-refractivity contribution is 6.28. The molecule has 1 aromatic heterocycles. The molecule has 96 valence electrons. The van der Waals surface area contributed by atoms with Crippen molar-refractivity contribution in [3.8, 4) is 11.4 Å². The van der Waals surface area contributed by atoms with Crippen molar-refractivity contribution in [3.05, 3.63) is 59.7 Å². The van der Waals surface area contributed by atoms with Crippen molar-refractivity contribution < 1.29 is 0 Å². The Bertz CT molecular complexity index is 619. The van der Waals surface area contributed by atoms with Crippen LogP contribution in [0.2, 0.25) is 5.28 Å². The van der Waals surface area contributed by atoms with Crippen LogP contribution in [-0.4, -0.2) is 15.0 Å². The normalized spacial score (nSPS) is 12.1. The topological polar surface area (TPSA) is 38.7 Å². The van der Waals surface area contributed by atoms with Crippen molar-refractivity contribution >= 4 is 17.2 Å². The third-order valence-electron chi connectivity index (χ3n) is 2.53. The van der Waals surface area contributed by atoms with Gasteiger partial charge in [-0.3, -0.25) is 0 Å². The first-order chi connectivity index (χ1) is 9.20. The van der Waals surface area contributed by atoms with Crippen LogP contribution in [0.25, 0.3) is 17.0 Å². The molecule has 0 saturated heterocycles. The summed E-state index contributed by atoms with van der Waals surface area (Å²) in [4.78, 5) is 12.8. The summed E-state index contributed by atoms with van der Waals surface area (Å²) in [6, 6.07) is 9.72. The average molecular weight is 272 g/mol. The Labute approximate surface area is 117 Å². The Kier molecular flexibility index (Phi) is 4.42. The van der Waals surface area contributed by atoms with Crippen molar-refractivity contribution in [2.45, 2.75) is 13.8 Å². The van der Waals surface area contributed by atoms with Gasteiger partial charge in [-0.1, -0.05) is 48.6 Å². The molecule has 3 nitrogen and oxygen atoms in total. The maximum atomic E-state index is 5.97. The summed E-state index contributed by atoms with van der Waals surface area (Å²) in [6.07, 6.45) is 5.83. The third kappa shape index (κ3) is 3.48. The highest BCUT2D eigenvalue weighted by Crippen LogP contribution is 2.18. The minimum atomic E-state index is 0.206. The van der Waals surface area contributed by atoms with E-state index in [9.17, 15) is 0 Å². The van der Waals surface area contributed by atoms with E-state index in [1.165, 1.54) is 0 Å². The first-order valence-electron chi connectivity index (χ1n) is 5.97. The minimum absolute atomic E-state index is 0.206. The van der Waals surface area contributed by atoms with Crippen molar-refractivity contribution in [1.29, 1.82) is 0 Å². The molecule has 0 radical (unpaired) electrons. The van der Waals surface area contributed by atoms with E-state index in [0.29, 0.717) is 11.6 Å². The van der Waals surface area contributed by atoms with Crippen LogP contribution in [0.15, 0.2) is 48.6 Å². The zero-order valence-electron chi connectivity index (χ0n) is 10.8. The Morgan fingerprint density at radius 1 is 1.11 bits per heavy atom. The standard InChI is InChI=1S/C15H14ClN3/c1-3-4-8-11(2)13-17-14(19-15(16)18-13)12-9-6-5-7-10-12/h3-10H,1-2H3/b4-3-,11-8+. The number of aromatic nitrogens is 3. The lowest BCUT2D eigenvalue weighted by Crippen LogP contribution is -1.99. The fourth-order valence-corrected chi connectivity index (χ4v) is 1.72. The highest BCUT2D eigenvalue weighted by atomic mass is 35.5. The lowest BCUT2D eigenvalue weighted by molar-refractivity contribution is 1.02. The number of nitrogens with zero attached hydrogens (tertiary/aromatic N) is 3. The van der Waals surface area contributed by atoms with Crippen LogP contribution in [0.1, 0.15) is 19.7 Å². The van der Waals surface area contributed by atoms with Gasteiger partial charge in [0.15, 0.2) is 11.6 Å². The molecule has 4 heteroatoms. The molecule has 0 aliphatic heterocycles. The Morgan fingerprint density at radius 3 is 2.53 bits per heavy atom. The molecule has 0 unspecified atom stereocenters. The van der Waals surface area contributed by atoms with E-state index >= 15 is 0 Å². The van der Waals surface area contributed by atoms with E-state index in [4.69, 9.17) is 11.6 Å². The molecule has 0 aliphatic rings. The van der Waals surface area contributed by atoms with Gasteiger partial charge in [-0.05, 0) is 31.0 Å². The molecule has 0 saturated carbocycles. The van der Waals surface area contributed by atoms with Crippen LogP contribution in [0.3, 0.4) is 0 Å². The van der Waals surface area contributed by atoms with Gasteiger partial charge >= 0.3 is 0 Å². The van der Waals surface area contributed by atoms with E-state index < -0.39 is 0 Å². The molecule has 0 fully saturated rings. The summed E-state index contributed by atoms with van der Waals surface area (Å²) >= 11 is 5.97. The summed E-state index contributed by atoms with van der Waals surface area (Å²) in [7, 11) is 0. The van der Waals surface area contributed by atoms with Crippen LogP contribution < -0.4 is 0 Å². The Balaban J connectivity index is 2.46. The molecule has 0 amide bonds. The predicted octanol–water partition coefficient (Wildman–Crippen LogP) is 4.17. The number of hydrogen-bond acceptors (Lipinski definition) is 3. The van der Waals surface area contributed by atoms with E-state index in [1.54, 1.807) is 0 Å². The van der Waals surface area contributed by atoms with Crippen molar-refractivity contribution in [3.63, 3.8) is 0 Å². The zero-order valence-corrected chi connectivity index (χ0v) is 11.6. The fourth-order valence-electron chi connectivity index (χ4n) is 1.56. The molecule has 0 bridgehead atoms. The van der Waals surface area contributed by atoms with Gasteiger partial charge in [0, 0.05) is 5.56 Å². The van der Waals surface area contributed by atoms with E-state index in [0.717, 1.165) is 11.1 Å². The second kappa shape index (κ2) is 6.25. The number of rotatable bonds is 3. The molecule has 0 N–H and O–H groups in total. The summed E-state index contributed by atoms with van der Waals surface area (Å²) in [5, 5.41) is 0.206. The highest BCUT2D eigenvalue weighted by Gasteiger charge is 2.07. The van der Waals surface area contributed by atoms with Gasteiger partial charge in [0.2, 0.25) is 5.28 Å². The molecule has 1 aromatic carbocycles. The summed E-state index contributed by atoms with van der Waals surface area (Å²) in [6.45, 7) is 3.90. The Hall–Kier alpha value is -2.00. The zero-order chi connectivity index (χ0) is 13.7. The monoisotopic (exact) mass is 271 g/mol. The smallest absolute Gasteiger partial charge is 0.208 e. The molecular formula is C15H14ClN3. The van der Waals surface area contributed by atoms with Crippen LogP contribution in [0, 0.1) is 0 Å². The minimum Gasteiger partial charge on any atom is -0.208 e. The fraction of sp³-hybridized carbons (Fsp3) is 0.133. The maximum absolute atomic E-state index is 5.97. The second-order valence-corrected chi connectivity index (χ2v) is 4.33. The number of halogens is 1. The third-order valence-corrected chi connectivity index (χ3v) is 2.70. The van der Waals surface area contributed by atoms with Crippen LogP contribution >= 0.6 is 11.6 Å². The number of benzene rings is 1. The Morgan fingerprint density at radius 2 is 1.84 bits per heavy atom. The van der Waals surface area contributed by atoms with Gasteiger partial charge in [-0.25, -0.2) is 4.98 Å². The second-order valence-electron chi connectivity index (χ2n) is 3.99. The lowest BCUT2D eigenvalue weighted by atomic mass is 10.2. The van der Waals surface area contributed by atoms with Gasteiger partial charge in [0.1, 0.15) is 0 Å². The largest absolute Gasteiger partial charge is 0.226 e. The van der Waals surface area contributed by atoms with Crippen LogP contribution in [-0.2, 0) is 0 Å². The number of hydrogen-bond donors (Lipinski definition) is 0. The lowest BCUT2D eigenvalue weighted by Gasteiger charge is -2.04. The summed E-state index contributed by atoms with van der Waals surface area (Å²) < 4.78 is 0. The molecule has 1 heterocycles. The molecule has 19 heavy (non-hydrogen) atoms. The summed E-state index contributed by atoms with van der Waals surface area (Å²) in [5.74, 6) is 1.18. The van der Waals surface area contributed by atoms with Crippen molar-refractivity contribution in [2.75, 3.05) is 0 Å². The first kappa shape index (κ1) is 13.4. The molecule has 0 aliphatic carbocycles. The molecule has 2 aromatic rings. The SMILES string of the molecule is C/C=C\C=C(/C)c1nc(Cl)nc(-c2ccccc2)n1. The molecule has 2 rings (SSSR count). The van der Waals surface area contributed by atoms with Gasteiger partial charge in [0.25, 0.3) is 0 Å². The van der Waals surface area contributed by atoms with Gasteiger partial charge < -0.3 is 0 Å². The molecule has 0 atom stereocenters. The van der Waals surface area contributed by atoms with Gasteiger partial charge in [-0.2, -0.15) is 9.97 Å². The van der Waals surface area contributed by atoms with Gasteiger partial charge in [0.05, 0.1) is 0 Å². The van der Waals surface area contributed by atoms with Crippen LogP contribution in [0.5, 0.6) is 0 Å². The molecular weight excluding hydrogens is 258 g/mol. The predicted molar refractivity (Wildman–Crippen MR) is 78.7 cm³/mol. The van der Waals surface area contributed by atoms with Crippen molar-refractivity contribution in [2.24, 2.45) is 0 Å². The van der Waals surface area contributed by atoms with E-state index in [2.05, 4.69) is 15.0 Å². The number of allylic oxidation sites excluding steroid dienone is 4. The van der Waals surface area contributed by atoms with Crippen LogP contribution in [0.4, 0.5) is 0 Å². The van der Waals surface area contributed by atoms with E-state index in [1.807, 2.05) is 62.4 Å². The average Bonchev–Trinajstić information content (AvgIpc) is 2.45. The molecule has 0 spiro atoms. The van der Waals surface area contributed by atoms with Crippen molar-refractivity contribution in [1.82, 2.24) is 15.0 Å². The van der Waals surface area contributed by atoms with E-state index in [-0.39, 0.29) is 5.28 Å². The van der Waals surface area contributed by atoms with Gasteiger partial charge in [-0.15, -0.1) is 0 Å². The summed E-state index contributed by atoms with van der Waals surface area (Å²) in [5.41, 5.74) is 1.87. The first-order valence-corrected chi connectivity index (χ1v) is 6.35. The maximum Gasteiger partial charge on any atom is 0.226 e.